The lowest BCUT2D eigenvalue weighted by Crippen LogP contribution is -2.41. The Hall–Kier alpha value is -2.35. The molecule has 0 aliphatic rings. The van der Waals surface area contributed by atoms with Crippen molar-refractivity contribution in [2.45, 2.75) is 26.3 Å². The highest BCUT2D eigenvalue weighted by molar-refractivity contribution is 5.61. The van der Waals surface area contributed by atoms with E-state index in [4.69, 9.17) is 5.26 Å². The van der Waals surface area contributed by atoms with Crippen LogP contribution in [0.3, 0.4) is 0 Å². The lowest BCUT2D eigenvalue weighted by molar-refractivity contribution is -0.385. The SMILES string of the molecule is C=CCN(c1ccc([N+](=O)[O-])c(C#N)c1)C(C)(C)C. The van der Waals surface area contributed by atoms with Crippen LogP contribution in [0.2, 0.25) is 0 Å². The highest BCUT2D eigenvalue weighted by Gasteiger charge is 2.23. The molecular weight excluding hydrogens is 242 g/mol. The minimum absolute atomic E-state index is 0.0702. The third-order valence-electron chi connectivity index (χ3n) is 2.73. The Morgan fingerprint density at radius 3 is 2.58 bits per heavy atom. The quantitative estimate of drug-likeness (QED) is 0.472. The maximum Gasteiger partial charge on any atom is 0.287 e. The molecule has 0 bridgehead atoms. The van der Waals surface area contributed by atoms with E-state index in [2.05, 4.69) is 6.58 Å². The van der Waals surface area contributed by atoms with Crippen LogP contribution in [0.1, 0.15) is 26.3 Å². The fraction of sp³-hybridized carbons (Fsp3) is 0.357. The van der Waals surface area contributed by atoms with Crippen LogP contribution < -0.4 is 4.90 Å². The van der Waals surface area contributed by atoms with Crippen molar-refractivity contribution in [2.24, 2.45) is 0 Å². The molecule has 1 aromatic rings. The Morgan fingerprint density at radius 1 is 1.53 bits per heavy atom. The van der Waals surface area contributed by atoms with Gasteiger partial charge in [0.25, 0.3) is 5.69 Å². The zero-order chi connectivity index (χ0) is 14.6. The molecule has 5 heteroatoms. The highest BCUT2D eigenvalue weighted by Crippen LogP contribution is 2.28. The Morgan fingerprint density at radius 2 is 2.16 bits per heavy atom. The smallest absolute Gasteiger partial charge is 0.287 e. The summed E-state index contributed by atoms with van der Waals surface area (Å²) in [5.74, 6) is 0. The molecule has 0 aliphatic heterocycles. The van der Waals surface area contributed by atoms with Gasteiger partial charge >= 0.3 is 0 Å². The van der Waals surface area contributed by atoms with E-state index in [1.165, 1.54) is 6.07 Å². The van der Waals surface area contributed by atoms with Crippen LogP contribution in [0.15, 0.2) is 30.9 Å². The fourth-order valence-electron chi connectivity index (χ4n) is 1.84. The molecule has 0 aromatic heterocycles. The van der Waals surface area contributed by atoms with E-state index < -0.39 is 4.92 Å². The van der Waals surface area contributed by atoms with Gasteiger partial charge in [-0.2, -0.15) is 5.26 Å². The van der Waals surface area contributed by atoms with E-state index >= 15 is 0 Å². The molecule has 100 valence electrons. The number of nitrogens with zero attached hydrogens (tertiary/aromatic N) is 3. The Labute approximate surface area is 112 Å². The van der Waals surface area contributed by atoms with Crippen molar-refractivity contribution in [2.75, 3.05) is 11.4 Å². The zero-order valence-electron chi connectivity index (χ0n) is 11.4. The average Bonchev–Trinajstić information content (AvgIpc) is 2.33. The summed E-state index contributed by atoms with van der Waals surface area (Å²) in [4.78, 5) is 12.3. The largest absolute Gasteiger partial charge is 0.363 e. The summed E-state index contributed by atoms with van der Waals surface area (Å²) >= 11 is 0. The van der Waals surface area contributed by atoms with Gasteiger partial charge in [0, 0.05) is 23.8 Å². The van der Waals surface area contributed by atoms with Crippen molar-refractivity contribution in [3.63, 3.8) is 0 Å². The molecule has 1 rings (SSSR count). The van der Waals surface area contributed by atoms with Crippen molar-refractivity contribution < 1.29 is 4.92 Å². The zero-order valence-corrected chi connectivity index (χ0v) is 11.4. The van der Waals surface area contributed by atoms with Crippen molar-refractivity contribution in [1.29, 1.82) is 5.26 Å². The number of nitro benzene ring substituents is 1. The molecule has 0 saturated carbocycles. The van der Waals surface area contributed by atoms with Gasteiger partial charge in [-0.1, -0.05) is 6.08 Å². The molecule has 0 heterocycles. The molecule has 0 aliphatic carbocycles. The molecule has 0 radical (unpaired) electrons. The lowest BCUT2D eigenvalue weighted by Gasteiger charge is -2.37. The summed E-state index contributed by atoms with van der Waals surface area (Å²) in [5.41, 5.74) is 0.505. The van der Waals surface area contributed by atoms with Gasteiger partial charge in [-0.05, 0) is 32.9 Å². The van der Waals surface area contributed by atoms with Gasteiger partial charge in [-0.25, -0.2) is 0 Å². The summed E-state index contributed by atoms with van der Waals surface area (Å²) in [5, 5.41) is 19.8. The van der Waals surface area contributed by atoms with Gasteiger partial charge in [-0.3, -0.25) is 10.1 Å². The van der Waals surface area contributed by atoms with Gasteiger partial charge < -0.3 is 4.90 Å². The maximum atomic E-state index is 10.8. The Balaban J connectivity index is 3.31. The van der Waals surface area contributed by atoms with Gasteiger partial charge in [0.2, 0.25) is 0 Å². The number of anilines is 1. The third kappa shape index (κ3) is 3.32. The standard InChI is InChI=1S/C14H17N3O2/c1-5-8-16(14(2,3)4)12-6-7-13(17(18)19)11(9-12)10-15/h5-7,9H,1,8H2,2-4H3. The second kappa shape index (κ2) is 5.53. The molecule has 0 N–H and O–H groups in total. The molecule has 0 saturated heterocycles. The van der Waals surface area contributed by atoms with E-state index in [-0.39, 0.29) is 16.8 Å². The van der Waals surface area contributed by atoms with Crippen LogP contribution in [0.25, 0.3) is 0 Å². The van der Waals surface area contributed by atoms with Crippen LogP contribution >= 0.6 is 0 Å². The topological polar surface area (TPSA) is 70.2 Å². The van der Waals surface area contributed by atoms with Crippen molar-refractivity contribution in [3.8, 4) is 6.07 Å². The average molecular weight is 259 g/mol. The summed E-state index contributed by atoms with van der Waals surface area (Å²) in [7, 11) is 0. The molecule has 0 spiro atoms. The Kier molecular flexibility index (Phi) is 4.28. The van der Waals surface area contributed by atoms with Crippen LogP contribution in [0.4, 0.5) is 11.4 Å². The molecular formula is C14H17N3O2. The van der Waals surface area contributed by atoms with E-state index in [1.54, 1.807) is 18.2 Å². The molecule has 5 nitrogen and oxygen atoms in total. The first kappa shape index (κ1) is 14.7. The van der Waals surface area contributed by atoms with Crippen molar-refractivity contribution in [3.05, 3.63) is 46.5 Å². The van der Waals surface area contributed by atoms with Crippen LogP contribution in [0, 0.1) is 21.4 Å². The van der Waals surface area contributed by atoms with E-state index in [0.29, 0.717) is 6.54 Å². The van der Waals surface area contributed by atoms with E-state index in [9.17, 15) is 10.1 Å². The summed E-state index contributed by atoms with van der Waals surface area (Å²) in [6.45, 7) is 10.4. The van der Waals surface area contributed by atoms with Crippen LogP contribution in [-0.2, 0) is 0 Å². The molecule has 0 unspecified atom stereocenters. The summed E-state index contributed by atoms with van der Waals surface area (Å²) < 4.78 is 0. The first-order valence-corrected chi connectivity index (χ1v) is 5.88. The molecule has 0 amide bonds. The second-order valence-electron chi connectivity index (χ2n) is 5.14. The number of hydrogen-bond acceptors (Lipinski definition) is 4. The second-order valence-corrected chi connectivity index (χ2v) is 5.14. The summed E-state index contributed by atoms with van der Waals surface area (Å²) in [6.07, 6.45) is 1.76. The van der Waals surface area contributed by atoms with Crippen molar-refractivity contribution in [1.82, 2.24) is 0 Å². The van der Waals surface area contributed by atoms with Gasteiger partial charge in [0.05, 0.1) is 4.92 Å². The number of hydrogen-bond donors (Lipinski definition) is 0. The van der Waals surface area contributed by atoms with Gasteiger partial charge in [0.15, 0.2) is 0 Å². The van der Waals surface area contributed by atoms with E-state index in [1.807, 2.05) is 31.7 Å². The molecule has 0 fully saturated rings. The first-order valence-electron chi connectivity index (χ1n) is 5.88. The predicted molar refractivity (Wildman–Crippen MR) is 75.1 cm³/mol. The minimum Gasteiger partial charge on any atom is -0.363 e. The number of rotatable bonds is 4. The van der Waals surface area contributed by atoms with E-state index in [0.717, 1.165) is 5.69 Å². The van der Waals surface area contributed by atoms with Crippen LogP contribution in [-0.4, -0.2) is 17.0 Å². The van der Waals surface area contributed by atoms with Gasteiger partial charge in [0.1, 0.15) is 11.6 Å². The maximum absolute atomic E-state index is 10.8. The summed E-state index contributed by atoms with van der Waals surface area (Å²) in [6, 6.07) is 6.45. The first-order chi connectivity index (χ1) is 8.81. The monoisotopic (exact) mass is 259 g/mol. The lowest BCUT2D eigenvalue weighted by atomic mass is 10.0. The molecule has 0 atom stereocenters. The Bertz CT molecular complexity index is 539. The molecule has 1 aromatic carbocycles. The highest BCUT2D eigenvalue weighted by atomic mass is 16.6. The number of nitro groups is 1. The fourth-order valence-corrected chi connectivity index (χ4v) is 1.84. The third-order valence-corrected chi connectivity index (χ3v) is 2.73. The normalized spacial score (nSPS) is 10.6. The number of benzene rings is 1. The van der Waals surface area contributed by atoms with Crippen molar-refractivity contribution >= 4 is 11.4 Å². The predicted octanol–water partition coefficient (Wildman–Crippen LogP) is 3.26. The van der Waals surface area contributed by atoms with Crippen LogP contribution in [0.5, 0.6) is 0 Å². The van der Waals surface area contributed by atoms with Gasteiger partial charge in [-0.15, -0.1) is 6.58 Å². The molecule has 19 heavy (non-hydrogen) atoms. The minimum atomic E-state index is -0.544. The number of nitriles is 1.